The van der Waals surface area contributed by atoms with E-state index in [4.69, 9.17) is 9.88 Å². The van der Waals surface area contributed by atoms with E-state index in [1.54, 1.807) is 12.1 Å². The standard InChI is InChI=1S/C11H16FNO3S/c1-9-4-5-10(12)11(8-9)16-6-2-3-7-17(13,14)15/h4-5,8H,2-3,6-7H2,1H3,(H2,13,14,15). The molecule has 96 valence electrons. The van der Waals surface area contributed by atoms with Gasteiger partial charge in [0.2, 0.25) is 10.0 Å². The number of nitrogens with two attached hydrogens (primary N) is 1. The lowest BCUT2D eigenvalue weighted by Gasteiger charge is -2.07. The molecular formula is C11H16FNO3S. The van der Waals surface area contributed by atoms with Crippen LogP contribution in [0.5, 0.6) is 5.75 Å². The molecule has 17 heavy (non-hydrogen) atoms. The van der Waals surface area contributed by atoms with E-state index in [9.17, 15) is 12.8 Å². The van der Waals surface area contributed by atoms with Gasteiger partial charge >= 0.3 is 0 Å². The average molecular weight is 261 g/mol. The van der Waals surface area contributed by atoms with E-state index >= 15 is 0 Å². The Morgan fingerprint density at radius 1 is 1.35 bits per heavy atom. The van der Waals surface area contributed by atoms with Crippen LogP contribution in [0.15, 0.2) is 18.2 Å². The van der Waals surface area contributed by atoms with E-state index in [0.717, 1.165) is 5.56 Å². The molecule has 0 unspecified atom stereocenters. The van der Waals surface area contributed by atoms with Gasteiger partial charge in [-0.15, -0.1) is 0 Å². The molecule has 0 saturated heterocycles. The molecule has 0 aliphatic rings. The normalized spacial score (nSPS) is 11.5. The lowest BCUT2D eigenvalue weighted by molar-refractivity contribution is 0.294. The molecule has 0 aromatic heterocycles. The number of rotatable bonds is 6. The van der Waals surface area contributed by atoms with Crippen molar-refractivity contribution in [2.45, 2.75) is 19.8 Å². The Kier molecular flexibility index (Phi) is 4.89. The Balaban J connectivity index is 2.34. The van der Waals surface area contributed by atoms with Crippen molar-refractivity contribution in [3.63, 3.8) is 0 Å². The van der Waals surface area contributed by atoms with Crippen molar-refractivity contribution in [1.29, 1.82) is 0 Å². The SMILES string of the molecule is Cc1ccc(F)c(OCCCCS(N)(=O)=O)c1. The molecule has 0 amide bonds. The second-order valence-electron chi connectivity index (χ2n) is 3.86. The first kappa shape index (κ1) is 13.9. The van der Waals surface area contributed by atoms with Gasteiger partial charge in [-0.1, -0.05) is 6.07 Å². The molecule has 0 bridgehead atoms. The predicted molar refractivity (Wildman–Crippen MR) is 63.8 cm³/mol. The van der Waals surface area contributed by atoms with E-state index in [-0.39, 0.29) is 18.1 Å². The number of ether oxygens (including phenoxy) is 1. The molecule has 0 aliphatic heterocycles. The number of benzene rings is 1. The molecule has 1 rings (SSSR count). The minimum Gasteiger partial charge on any atom is -0.491 e. The van der Waals surface area contributed by atoms with Crippen LogP contribution in [-0.2, 0) is 10.0 Å². The highest BCUT2D eigenvalue weighted by Crippen LogP contribution is 2.18. The number of halogens is 1. The molecular weight excluding hydrogens is 245 g/mol. The molecule has 0 heterocycles. The minimum absolute atomic E-state index is 0.0767. The first-order valence-electron chi connectivity index (χ1n) is 5.28. The maximum atomic E-state index is 13.2. The van der Waals surface area contributed by atoms with E-state index in [1.165, 1.54) is 6.07 Å². The lowest BCUT2D eigenvalue weighted by atomic mass is 10.2. The van der Waals surface area contributed by atoms with Gasteiger partial charge in [-0.3, -0.25) is 0 Å². The number of hydrogen-bond acceptors (Lipinski definition) is 3. The Hall–Kier alpha value is -1.14. The molecule has 1 aromatic rings. The summed E-state index contributed by atoms with van der Waals surface area (Å²) in [7, 11) is -3.41. The van der Waals surface area contributed by atoms with Crippen LogP contribution in [0.3, 0.4) is 0 Å². The monoisotopic (exact) mass is 261 g/mol. The number of aryl methyl sites for hydroxylation is 1. The third kappa shape index (κ3) is 5.65. The number of primary sulfonamides is 1. The number of unbranched alkanes of at least 4 members (excludes halogenated alkanes) is 1. The molecule has 1 aromatic carbocycles. The molecule has 0 radical (unpaired) electrons. The van der Waals surface area contributed by atoms with E-state index in [2.05, 4.69) is 0 Å². The third-order valence-corrected chi connectivity index (χ3v) is 3.03. The first-order valence-corrected chi connectivity index (χ1v) is 6.99. The Morgan fingerprint density at radius 3 is 2.71 bits per heavy atom. The molecule has 0 fully saturated rings. The summed E-state index contributed by atoms with van der Waals surface area (Å²) in [6, 6.07) is 4.60. The van der Waals surface area contributed by atoms with Crippen molar-refractivity contribution in [3.8, 4) is 5.75 Å². The molecule has 4 nitrogen and oxygen atoms in total. The van der Waals surface area contributed by atoms with Crippen LogP contribution in [0, 0.1) is 12.7 Å². The number of hydrogen-bond donors (Lipinski definition) is 1. The maximum absolute atomic E-state index is 13.2. The van der Waals surface area contributed by atoms with Gasteiger partial charge in [-0.25, -0.2) is 17.9 Å². The Morgan fingerprint density at radius 2 is 2.06 bits per heavy atom. The van der Waals surface area contributed by atoms with Crippen molar-refractivity contribution >= 4 is 10.0 Å². The quantitative estimate of drug-likeness (QED) is 0.790. The van der Waals surface area contributed by atoms with Crippen LogP contribution in [-0.4, -0.2) is 20.8 Å². The summed E-state index contributed by atoms with van der Waals surface area (Å²) in [6.07, 6.45) is 0.927. The summed E-state index contributed by atoms with van der Waals surface area (Å²) in [6.45, 7) is 2.11. The molecule has 0 saturated carbocycles. The lowest BCUT2D eigenvalue weighted by Crippen LogP contribution is -2.16. The average Bonchev–Trinajstić information content (AvgIpc) is 2.21. The highest BCUT2D eigenvalue weighted by atomic mass is 32.2. The van der Waals surface area contributed by atoms with Crippen LogP contribution in [0.1, 0.15) is 18.4 Å². The van der Waals surface area contributed by atoms with Crippen molar-refractivity contribution in [1.82, 2.24) is 0 Å². The fourth-order valence-electron chi connectivity index (χ4n) is 1.31. The van der Waals surface area contributed by atoms with Gasteiger partial charge in [-0.2, -0.15) is 0 Å². The molecule has 6 heteroatoms. The summed E-state index contributed by atoms with van der Waals surface area (Å²) in [5.41, 5.74) is 0.908. The number of sulfonamides is 1. The fourth-order valence-corrected chi connectivity index (χ4v) is 1.92. The first-order chi connectivity index (χ1) is 7.88. The van der Waals surface area contributed by atoms with E-state index < -0.39 is 15.8 Å². The highest BCUT2D eigenvalue weighted by Gasteiger charge is 2.04. The Labute approximate surface area is 101 Å². The topological polar surface area (TPSA) is 69.4 Å². The van der Waals surface area contributed by atoms with Crippen molar-refractivity contribution in [2.75, 3.05) is 12.4 Å². The minimum atomic E-state index is -3.41. The van der Waals surface area contributed by atoms with E-state index in [1.807, 2.05) is 6.92 Å². The highest BCUT2D eigenvalue weighted by molar-refractivity contribution is 7.89. The molecule has 2 N–H and O–H groups in total. The van der Waals surface area contributed by atoms with Gasteiger partial charge in [0.15, 0.2) is 11.6 Å². The smallest absolute Gasteiger partial charge is 0.209 e. The second-order valence-corrected chi connectivity index (χ2v) is 5.59. The predicted octanol–water partition coefficient (Wildman–Crippen LogP) is 1.58. The van der Waals surface area contributed by atoms with Gasteiger partial charge < -0.3 is 4.74 Å². The zero-order valence-corrected chi connectivity index (χ0v) is 10.5. The zero-order valence-electron chi connectivity index (χ0n) is 9.65. The summed E-state index contributed by atoms with van der Waals surface area (Å²) in [5.74, 6) is -0.296. The van der Waals surface area contributed by atoms with Gasteiger partial charge in [0.25, 0.3) is 0 Å². The molecule has 0 spiro atoms. The summed E-state index contributed by atoms with van der Waals surface area (Å²) in [5, 5.41) is 4.84. The fraction of sp³-hybridized carbons (Fsp3) is 0.455. The summed E-state index contributed by atoms with van der Waals surface area (Å²) < 4.78 is 39.7. The van der Waals surface area contributed by atoms with Gasteiger partial charge in [-0.05, 0) is 37.5 Å². The third-order valence-electron chi connectivity index (χ3n) is 2.17. The van der Waals surface area contributed by atoms with Crippen LogP contribution in [0.4, 0.5) is 4.39 Å². The summed E-state index contributed by atoms with van der Waals surface area (Å²) in [4.78, 5) is 0. The van der Waals surface area contributed by atoms with Crippen molar-refractivity contribution < 1.29 is 17.5 Å². The van der Waals surface area contributed by atoms with Crippen LogP contribution in [0.2, 0.25) is 0 Å². The largest absolute Gasteiger partial charge is 0.491 e. The van der Waals surface area contributed by atoms with Crippen LogP contribution in [0.25, 0.3) is 0 Å². The maximum Gasteiger partial charge on any atom is 0.209 e. The van der Waals surface area contributed by atoms with Gasteiger partial charge in [0, 0.05) is 0 Å². The van der Waals surface area contributed by atoms with Crippen molar-refractivity contribution in [2.24, 2.45) is 5.14 Å². The second kappa shape index (κ2) is 5.97. The van der Waals surface area contributed by atoms with Crippen LogP contribution >= 0.6 is 0 Å². The molecule has 0 atom stereocenters. The zero-order chi connectivity index (χ0) is 12.9. The molecule has 0 aliphatic carbocycles. The Bertz CT molecular complexity index is 474. The van der Waals surface area contributed by atoms with Crippen LogP contribution < -0.4 is 9.88 Å². The van der Waals surface area contributed by atoms with Gasteiger partial charge in [0.05, 0.1) is 12.4 Å². The van der Waals surface area contributed by atoms with Gasteiger partial charge in [0.1, 0.15) is 0 Å². The van der Waals surface area contributed by atoms with E-state index in [0.29, 0.717) is 12.8 Å². The van der Waals surface area contributed by atoms with Crippen molar-refractivity contribution in [3.05, 3.63) is 29.6 Å². The summed E-state index contributed by atoms with van der Waals surface area (Å²) >= 11 is 0.